The zero-order chi connectivity index (χ0) is 46.8. The molecule has 8 heteroatoms. The van der Waals surface area contributed by atoms with Crippen molar-refractivity contribution in [1.82, 2.24) is 9.80 Å². The van der Waals surface area contributed by atoms with E-state index >= 15 is 0 Å². The molecule has 6 aliphatic rings. The molecule has 0 bridgehead atoms. The summed E-state index contributed by atoms with van der Waals surface area (Å²) in [6.07, 6.45) is 24.2. The van der Waals surface area contributed by atoms with Gasteiger partial charge in [-0.05, 0) is 219 Å². The first-order chi connectivity index (χ1) is 31.6. The van der Waals surface area contributed by atoms with Crippen LogP contribution in [0.2, 0.25) is 0 Å². The lowest BCUT2D eigenvalue weighted by molar-refractivity contribution is -0.150. The number of hydrogen-bond acceptors (Lipinski definition) is 7. The van der Waals surface area contributed by atoms with Gasteiger partial charge in [0.25, 0.3) is 0 Å². The lowest BCUT2D eigenvalue weighted by atomic mass is 9.72. The molecule has 4 saturated carbocycles. The number of esters is 1. The molecule has 0 amide bonds. The van der Waals surface area contributed by atoms with Crippen molar-refractivity contribution < 1.29 is 28.9 Å². The Morgan fingerprint density at radius 2 is 0.909 bits per heavy atom. The Morgan fingerprint density at radius 3 is 1.26 bits per heavy atom. The number of benzene rings is 2. The number of piperidine rings is 2. The summed E-state index contributed by atoms with van der Waals surface area (Å²) in [5.74, 6) is 4.31. The molecule has 6 fully saturated rings. The van der Waals surface area contributed by atoms with E-state index in [1.54, 1.807) is 0 Å². The summed E-state index contributed by atoms with van der Waals surface area (Å²) in [5, 5.41) is 9.27. The largest absolute Gasteiger partial charge is 0.490 e. The number of carboxylic acids is 1. The molecule has 4 aliphatic carbocycles. The van der Waals surface area contributed by atoms with Gasteiger partial charge in [0.05, 0.1) is 30.7 Å². The van der Waals surface area contributed by atoms with Gasteiger partial charge < -0.3 is 29.1 Å². The van der Waals surface area contributed by atoms with Gasteiger partial charge >= 0.3 is 11.9 Å². The van der Waals surface area contributed by atoms with Gasteiger partial charge in [-0.15, -0.1) is 0 Å². The van der Waals surface area contributed by atoms with Gasteiger partial charge in [0, 0.05) is 12.1 Å². The normalized spacial score (nSPS) is 30.1. The van der Waals surface area contributed by atoms with Crippen molar-refractivity contribution in [1.29, 1.82) is 0 Å². The van der Waals surface area contributed by atoms with Crippen LogP contribution in [0.5, 0.6) is 11.5 Å². The molecule has 4 atom stereocenters. The molecule has 2 heterocycles. The van der Waals surface area contributed by atoms with E-state index in [-0.39, 0.29) is 17.8 Å². The Morgan fingerprint density at radius 1 is 0.530 bits per heavy atom. The molecule has 0 spiro atoms. The minimum absolute atomic E-state index is 0.00762. The Balaban J connectivity index is 0.000000197. The highest BCUT2D eigenvalue weighted by atomic mass is 16.5. The maximum Gasteiger partial charge on any atom is 0.309 e. The fraction of sp³-hybridized carbons (Fsp3) is 0.759. The SMILES string of the molecule is CC(C)(C)C1CCC(Oc2ccc(C3CCCC(N4CCC(C(=O)O)CC4)C3)cc2)CC1.CCOC(=O)C1CCN(C2CCCC(c3ccc(OC4CCC(C(C)(C)C)CC4)cc3)C2)CC1. The summed E-state index contributed by atoms with van der Waals surface area (Å²) in [5.41, 5.74) is 3.74. The van der Waals surface area contributed by atoms with Crippen molar-refractivity contribution in [3.63, 3.8) is 0 Å². The topological polar surface area (TPSA) is 88.5 Å². The Bertz CT molecular complexity index is 1770. The minimum Gasteiger partial charge on any atom is -0.490 e. The molecule has 2 saturated heterocycles. The van der Waals surface area contributed by atoms with E-state index in [4.69, 9.17) is 14.2 Å². The molecule has 8 rings (SSSR count). The van der Waals surface area contributed by atoms with Crippen LogP contribution in [0.3, 0.4) is 0 Å². The third kappa shape index (κ3) is 14.2. The average Bonchev–Trinajstić information content (AvgIpc) is 3.32. The van der Waals surface area contributed by atoms with E-state index in [9.17, 15) is 14.7 Å². The fourth-order valence-corrected chi connectivity index (χ4v) is 13.0. The van der Waals surface area contributed by atoms with E-state index in [1.807, 2.05) is 6.92 Å². The zero-order valence-corrected chi connectivity index (χ0v) is 42.5. The van der Waals surface area contributed by atoms with Gasteiger partial charge in [-0.3, -0.25) is 9.59 Å². The Labute approximate surface area is 400 Å². The lowest BCUT2D eigenvalue weighted by Crippen LogP contribution is -2.44. The molecule has 2 aromatic carbocycles. The number of carboxylic acid groups (broad SMARTS) is 1. The monoisotopic (exact) mass is 911 g/mol. The molecule has 66 heavy (non-hydrogen) atoms. The quantitative estimate of drug-likeness (QED) is 0.223. The van der Waals surface area contributed by atoms with Crippen molar-refractivity contribution in [3.05, 3.63) is 59.7 Å². The van der Waals surface area contributed by atoms with E-state index in [2.05, 4.69) is 99.9 Å². The Hall–Kier alpha value is -3.10. The first-order valence-corrected chi connectivity index (χ1v) is 27.0. The van der Waals surface area contributed by atoms with Crippen LogP contribution < -0.4 is 9.47 Å². The van der Waals surface area contributed by atoms with E-state index in [0.29, 0.717) is 53.6 Å². The van der Waals surface area contributed by atoms with Gasteiger partial charge in [0.1, 0.15) is 11.5 Å². The van der Waals surface area contributed by atoms with Crippen LogP contribution >= 0.6 is 0 Å². The molecule has 0 aromatic heterocycles. The van der Waals surface area contributed by atoms with Crippen LogP contribution in [0, 0.1) is 34.5 Å². The molecule has 8 nitrogen and oxygen atoms in total. The van der Waals surface area contributed by atoms with E-state index in [1.165, 1.54) is 114 Å². The number of aliphatic carboxylic acids is 1. The zero-order valence-electron chi connectivity index (χ0n) is 42.5. The highest BCUT2D eigenvalue weighted by Crippen LogP contribution is 2.42. The van der Waals surface area contributed by atoms with Crippen LogP contribution in [0.15, 0.2) is 48.5 Å². The van der Waals surface area contributed by atoms with Crippen LogP contribution in [0.1, 0.15) is 200 Å². The maximum absolute atomic E-state index is 12.1. The third-order valence-corrected chi connectivity index (χ3v) is 17.5. The summed E-state index contributed by atoms with van der Waals surface area (Å²) >= 11 is 0. The first kappa shape index (κ1) is 50.8. The summed E-state index contributed by atoms with van der Waals surface area (Å²) < 4.78 is 18.0. The standard InChI is InChI=1S/C30H47NO3.C28H43NO3/c1-5-33-29(32)23-17-19-31(20-18-23)26-8-6-7-24(21-26)22-9-13-27(14-10-22)34-28-15-11-25(12-16-28)30(2,3)4;1-28(2,3)23-9-13-26(14-10-23)32-25-11-7-20(8-12-25)22-5-4-6-24(19-22)29-17-15-21(16-18-29)27(30)31/h9-10,13-14,23-26,28H,5-8,11-12,15-21H2,1-4H3;7-8,11-12,21-24,26H,4-6,9-10,13-19H2,1-3H3,(H,30,31). The lowest BCUT2D eigenvalue weighted by Gasteiger charge is -2.41. The second-order valence-electron chi connectivity index (χ2n) is 23.8. The number of rotatable bonds is 11. The van der Waals surface area contributed by atoms with Crippen molar-refractivity contribution in [3.8, 4) is 11.5 Å². The maximum atomic E-state index is 12.1. The third-order valence-electron chi connectivity index (χ3n) is 17.5. The average molecular weight is 911 g/mol. The number of ether oxygens (including phenoxy) is 3. The fourth-order valence-electron chi connectivity index (χ4n) is 13.0. The highest BCUT2D eigenvalue weighted by Gasteiger charge is 2.36. The second kappa shape index (κ2) is 23.5. The van der Waals surface area contributed by atoms with Crippen LogP contribution in [0.4, 0.5) is 0 Å². The van der Waals surface area contributed by atoms with Crippen LogP contribution in [-0.2, 0) is 14.3 Å². The molecule has 368 valence electrons. The minimum atomic E-state index is -0.615. The predicted molar refractivity (Wildman–Crippen MR) is 267 cm³/mol. The van der Waals surface area contributed by atoms with Crippen LogP contribution in [0.25, 0.3) is 0 Å². The van der Waals surface area contributed by atoms with E-state index in [0.717, 1.165) is 75.2 Å². The van der Waals surface area contributed by atoms with Gasteiger partial charge in [0.2, 0.25) is 0 Å². The van der Waals surface area contributed by atoms with Gasteiger partial charge in [-0.2, -0.15) is 0 Å². The van der Waals surface area contributed by atoms with Gasteiger partial charge in [-0.25, -0.2) is 0 Å². The molecule has 2 aromatic rings. The molecule has 4 unspecified atom stereocenters. The molecular formula is C58H90N2O6. The summed E-state index contributed by atoms with van der Waals surface area (Å²) in [6.45, 7) is 20.6. The van der Waals surface area contributed by atoms with E-state index < -0.39 is 5.97 Å². The van der Waals surface area contributed by atoms with Crippen molar-refractivity contribution >= 4 is 11.9 Å². The van der Waals surface area contributed by atoms with Gasteiger partial charge in [0.15, 0.2) is 0 Å². The number of likely N-dealkylation sites (tertiary alicyclic amines) is 2. The highest BCUT2D eigenvalue weighted by molar-refractivity contribution is 5.72. The van der Waals surface area contributed by atoms with Crippen molar-refractivity contribution in [2.24, 2.45) is 34.5 Å². The predicted octanol–water partition coefficient (Wildman–Crippen LogP) is 13.5. The number of hydrogen-bond donors (Lipinski definition) is 1. The molecule has 2 aliphatic heterocycles. The van der Waals surface area contributed by atoms with Crippen LogP contribution in [-0.4, -0.2) is 83.9 Å². The molecular weight excluding hydrogens is 821 g/mol. The smallest absolute Gasteiger partial charge is 0.309 e. The molecule has 1 N–H and O–H groups in total. The second-order valence-corrected chi connectivity index (χ2v) is 23.8. The summed E-state index contributed by atoms with van der Waals surface area (Å²) in [7, 11) is 0. The van der Waals surface area contributed by atoms with Crippen molar-refractivity contribution in [2.45, 2.75) is 213 Å². The number of carbonyl (C=O) groups is 2. The Kier molecular flexibility index (Phi) is 18.1. The number of nitrogens with zero attached hydrogens (tertiary/aromatic N) is 2. The first-order valence-electron chi connectivity index (χ1n) is 27.0. The number of carbonyl (C=O) groups excluding carboxylic acids is 1. The van der Waals surface area contributed by atoms with Gasteiger partial charge in [-0.1, -0.05) is 78.6 Å². The summed E-state index contributed by atoms with van der Waals surface area (Å²) in [6, 6.07) is 19.3. The summed E-state index contributed by atoms with van der Waals surface area (Å²) in [4.78, 5) is 28.5. The van der Waals surface area contributed by atoms with Crippen molar-refractivity contribution in [2.75, 3.05) is 32.8 Å². The molecule has 0 radical (unpaired) electrons.